The van der Waals surface area contributed by atoms with Gasteiger partial charge in [-0.3, -0.25) is 4.79 Å². The fraction of sp³-hybridized carbons (Fsp3) is 0.500. The minimum Gasteiger partial charge on any atom is -0.397 e. The normalized spacial score (nSPS) is 18.2. The van der Waals surface area contributed by atoms with Gasteiger partial charge in [0.2, 0.25) is 0 Å². The lowest BCUT2D eigenvalue weighted by molar-refractivity contribution is 0.0827. The van der Waals surface area contributed by atoms with Crippen molar-refractivity contribution < 1.29 is 13.2 Å². The molecule has 1 aliphatic rings. The molecule has 1 heterocycles. The molecule has 0 atom stereocenters. The molecule has 1 aromatic rings. The van der Waals surface area contributed by atoms with Gasteiger partial charge >= 0.3 is 0 Å². The van der Waals surface area contributed by atoms with Crippen LogP contribution in [0.1, 0.15) is 23.2 Å². The van der Waals surface area contributed by atoms with E-state index in [1.165, 1.54) is 4.90 Å². The van der Waals surface area contributed by atoms with Crippen molar-refractivity contribution in [2.24, 2.45) is 0 Å². The van der Waals surface area contributed by atoms with Crippen molar-refractivity contribution in [2.45, 2.75) is 18.9 Å². The predicted octanol–water partition coefficient (Wildman–Crippen LogP) is 0.960. The maximum absolute atomic E-state index is 11.9. The van der Waals surface area contributed by atoms with Crippen molar-refractivity contribution in [1.29, 1.82) is 0 Å². The van der Waals surface area contributed by atoms with Gasteiger partial charge in [-0.25, -0.2) is 8.42 Å². The predicted molar refractivity (Wildman–Crippen MR) is 84.2 cm³/mol. The number of carbonyl (C=O) groups is 1. The van der Waals surface area contributed by atoms with E-state index in [9.17, 15) is 13.2 Å². The molecule has 1 aliphatic heterocycles. The van der Waals surface area contributed by atoms with Crippen molar-refractivity contribution in [3.63, 3.8) is 0 Å². The van der Waals surface area contributed by atoms with Gasteiger partial charge in [-0.15, -0.1) is 0 Å². The van der Waals surface area contributed by atoms with Gasteiger partial charge in [-0.2, -0.15) is 0 Å². The molecule has 3 N–H and O–H groups in total. The lowest BCUT2D eigenvalue weighted by atomic mass is 10.1. The third-order valence-corrected chi connectivity index (χ3v) is 5.33. The van der Waals surface area contributed by atoms with Crippen LogP contribution in [0, 0.1) is 0 Å². The minimum atomic E-state index is -2.87. The summed E-state index contributed by atoms with van der Waals surface area (Å²) in [5.41, 5.74) is 7.76. The highest BCUT2D eigenvalue weighted by molar-refractivity contribution is 7.91. The van der Waals surface area contributed by atoms with Crippen molar-refractivity contribution >= 4 is 27.1 Å². The Morgan fingerprint density at radius 1 is 1.29 bits per heavy atom. The van der Waals surface area contributed by atoms with Crippen molar-refractivity contribution in [2.75, 3.05) is 36.7 Å². The van der Waals surface area contributed by atoms with Crippen LogP contribution in [0.4, 0.5) is 11.4 Å². The molecular weight excluding hydrogens is 290 g/mol. The summed E-state index contributed by atoms with van der Waals surface area (Å²) < 4.78 is 22.8. The molecule has 1 amide bonds. The Balaban J connectivity index is 2.07. The zero-order valence-corrected chi connectivity index (χ0v) is 13.1. The Hall–Kier alpha value is -1.76. The molecule has 0 unspecified atom stereocenters. The van der Waals surface area contributed by atoms with Gasteiger partial charge in [0.05, 0.1) is 22.9 Å². The van der Waals surface area contributed by atoms with E-state index in [-0.39, 0.29) is 23.5 Å². The number of nitrogen functional groups attached to an aromatic ring is 1. The van der Waals surface area contributed by atoms with E-state index >= 15 is 0 Å². The summed E-state index contributed by atoms with van der Waals surface area (Å²) in [6, 6.07) is 5.24. The van der Waals surface area contributed by atoms with Crippen LogP contribution in [0.25, 0.3) is 0 Å². The molecule has 0 aromatic heterocycles. The van der Waals surface area contributed by atoms with E-state index in [0.29, 0.717) is 24.1 Å². The van der Waals surface area contributed by atoms with E-state index in [1.54, 1.807) is 32.3 Å². The lowest BCUT2D eigenvalue weighted by Crippen LogP contribution is -2.32. The maximum atomic E-state index is 11.9. The van der Waals surface area contributed by atoms with E-state index in [0.717, 1.165) is 5.69 Å². The average molecular weight is 311 g/mol. The van der Waals surface area contributed by atoms with Gasteiger partial charge < -0.3 is 16.0 Å². The second kappa shape index (κ2) is 5.93. The van der Waals surface area contributed by atoms with Gasteiger partial charge in [-0.05, 0) is 31.0 Å². The standard InChI is InChI=1S/C14H21N3O3S/c1-17(2)14(18)10-3-4-13(12(15)9-10)16-11-5-7-21(19,20)8-6-11/h3-4,9,11,16H,5-8,15H2,1-2H3. The van der Waals surface area contributed by atoms with E-state index in [1.807, 2.05) is 0 Å². The number of hydrogen-bond acceptors (Lipinski definition) is 5. The average Bonchev–Trinajstić information content (AvgIpc) is 2.42. The van der Waals surface area contributed by atoms with Gasteiger partial charge in [0, 0.05) is 25.7 Å². The number of nitrogens with zero attached hydrogens (tertiary/aromatic N) is 1. The van der Waals surface area contributed by atoms with Crippen molar-refractivity contribution in [3.05, 3.63) is 23.8 Å². The summed E-state index contributed by atoms with van der Waals surface area (Å²) in [5.74, 6) is 0.320. The molecule has 0 bridgehead atoms. The molecule has 21 heavy (non-hydrogen) atoms. The third-order valence-electron chi connectivity index (χ3n) is 3.62. The summed E-state index contributed by atoms with van der Waals surface area (Å²) in [4.78, 5) is 13.3. The van der Waals surface area contributed by atoms with Crippen LogP contribution < -0.4 is 11.1 Å². The number of sulfone groups is 1. The van der Waals surface area contributed by atoms with Crippen LogP contribution in [0.5, 0.6) is 0 Å². The van der Waals surface area contributed by atoms with E-state index in [2.05, 4.69) is 5.32 Å². The fourth-order valence-corrected chi connectivity index (χ4v) is 3.83. The highest BCUT2D eigenvalue weighted by atomic mass is 32.2. The summed E-state index contributed by atoms with van der Waals surface area (Å²) in [7, 11) is 0.508. The molecule has 0 saturated carbocycles. The van der Waals surface area contributed by atoms with Crippen LogP contribution >= 0.6 is 0 Å². The number of carbonyl (C=O) groups excluding carboxylic acids is 1. The molecule has 6 nitrogen and oxygen atoms in total. The van der Waals surface area contributed by atoms with Crippen LogP contribution in [0.15, 0.2) is 18.2 Å². The van der Waals surface area contributed by atoms with Gasteiger partial charge in [-0.1, -0.05) is 0 Å². The number of rotatable bonds is 3. The molecular formula is C14H21N3O3S. The largest absolute Gasteiger partial charge is 0.397 e. The Kier molecular flexibility index (Phi) is 4.41. The molecule has 0 spiro atoms. The Morgan fingerprint density at radius 2 is 1.90 bits per heavy atom. The van der Waals surface area contributed by atoms with Crippen LogP contribution in [-0.4, -0.2) is 50.9 Å². The zero-order valence-electron chi connectivity index (χ0n) is 12.3. The fourth-order valence-electron chi connectivity index (χ4n) is 2.34. The number of nitrogens with two attached hydrogens (primary N) is 1. The molecule has 1 aromatic carbocycles. The number of anilines is 2. The first-order chi connectivity index (χ1) is 9.78. The smallest absolute Gasteiger partial charge is 0.253 e. The molecule has 116 valence electrons. The SMILES string of the molecule is CN(C)C(=O)c1ccc(NC2CCS(=O)(=O)CC2)c(N)c1. The molecule has 1 saturated heterocycles. The summed E-state index contributed by atoms with van der Waals surface area (Å²) in [6.07, 6.45) is 1.17. The first-order valence-corrected chi connectivity index (χ1v) is 8.69. The van der Waals surface area contributed by atoms with Gasteiger partial charge in [0.15, 0.2) is 0 Å². The summed E-state index contributed by atoms with van der Waals surface area (Å²) in [5, 5.41) is 3.27. The highest BCUT2D eigenvalue weighted by Crippen LogP contribution is 2.24. The zero-order chi connectivity index (χ0) is 15.6. The minimum absolute atomic E-state index is 0.1000. The van der Waals surface area contributed by atoms with Crippen molar-refractivity contribution in [3.8, 4) is 0 Å². The maximum Gasteiger partial charge on any atom is 0.253 e. The second-order valence-corrected chi connectivity index (χ2v) is 7.88. The topological polar surface area (TPSA) is 92.5 Å². The van der Waals surface area contributed by atoms with Crippen LogP contribution in [0.2, 0.25) is 0 Å². The first-order valence-electron chi connectivity index (χ1n) is 6.86. The molecule has 1 fully saturated rings. The van der Waals surface area contributed by atoms with Gasteiger partial charge in [0.25, 0.3) is 5.91 Å². The number of hydrogen-bond donors (Lipinski definition) is 2. The molecule has 7 heteroatoms. The first kappa shape index (κ1) is 15.6. The molecule has 2 rings (SSSR count). The third kappa shape index (κ3) is 3.87. The highest BCUT2D eigenvalue weighted by Gasteiger charge is 2.23. The second-order valence-electron chi connectivity index (χ2n) is 5.57. The Morgan fingerprint density at radius 3 is 2.43 bits per heavy atom. The molecule has 0 aliphatic carbocycles. The quantitative estimate of drug-likeness (QED) is 0.811. The van der Waals surface area contributed by atoms with Gasteiger partial charge in [0.1, 0.15) is 9.84 Å². The van der Waals surface area contributed by atoms with E-state index in [4.69, 9.17) is 5.73 Å². The van der Waals surface area contributed by atoms with Crippen LogP contribution in [0.3, 0.4) is 0 Å². The Labute approximate surface area is 125 Å². The number of nitrogens with one attached hydrogen (secondary N) is 1. The number of benzene rings is 1. The monoisotopic (exact) mass is 311 g/mol. The summed E-state index contributed by atoms with van der Waals surface area (Å²) in [6.45, 7) is 0. The number of amides is 1. The van der Waals surface area contributed by atoms with Crippen LogP contribution in [-0.2, 0) is 9.84 Å². The molecule has 0 radical (unpaired) electrons. The van der Waals surface area contributed by atoms with E-state index < -0.39 is 9.84 Å². The summed E-state index contributed by atoms with van der Waals surface area (Å²) >= 11 is 0. The van der Waals surface area contributed by atoms with Crippen molar-refractivity contribution in [1.82, 2.24) is 4.90 Å². The lowest BCUT2D eigenvalue weighted by Gasteiger charge is -2.25. The Bertz CT molecular complexity index is 627.